The van der Waals surface area contributed by atoms with Crippen molar-refractivity contribution in [3.8, 4) is 0 Å². The lowest BCUT2D eigenvalue weighted by Gasteiger charge is -2.30. The molecular weight excluding hydrogens is 212 g/mol. The Morgan fingerprint density at radius 3 is 3.18 bits per heavy atom. The second-order valence-electron chi connectivity index (χ2n) is 5.13. The average molecular weight is 236 g/mol. The van der Waals surface area contributed by atoms with Gasteiger partial charge in [0.15, 0.2) is 0 Å². The fourth-order valence-electron chi connectivity index (χ4n) is 2.57. The fraction of sp³-hybridized carbons (Fsp3) is 0.714. The molecular formula is C14H24N2O. The van der Waals surface area contributed by atoms with E-state index < -0.39 is 0 Å². The lowest BCUT2D eigenvalue weighted by molar-refractivity contribution is 0.175. The monoisotopic (exact) mass is 236 g/mol. The molecule has 1 atom stereocenters. The largest absolute Gasteiger partial charge is 0.468 e. The molecule has 0 aliphatic carbocycles. The van der Waals surface area contributed by atoms with E-state index in [0.717, 1.165) is 31.3 Å². The minimum atomic E-state index is 0.841. The maximum absolute atomic E-state index is 5.55. The first-order chi connectivity index (χ1) is 8.29. The zero-order chi connectivity index (χ0) is 12.1. The molecule has 0 bridgehead atoms. The molecule has 1 unspecified atom stereocenters. The van der Waals surface area contributed by atoms with E-state index in [0.29, 0.717) is 0 Å². The van der Waals surface area contributed by atoms with Gasteiger partial charge in [0.25, 0.3) is 0 Å². The summed E-state index contributed by atoms with van der Waals surface area (Å²) < 4.78 is 5.55. The Labute approximate surface area is 104 Å². The summed E-state index contributed by atoms with van der Waals surface area (Å²) in [5.74, 6) is 1.94. The van der Waals surface area contributed by atoms with Crippen LogP contribution in [0.25, 0.3) is 0 Å². The van der Waals surface area contributed by atoms with Crippen LogP contribution in [0.2, 0.25) is 0 Å². The molecule has 1 aromatic rings. The molecule has 96 valence electrons. The van der Waals surface area contributed by atoms with Crippen LogP contribution in [-0.4, -0.2) is 24.5 Å². The molecule has 1 fully saturated rings. The van der Waals surface area contributed by atoms with Crippen LogP contribution in [0.15, 0.2) is 16.7 Å². The van der Waals surface area contributed by atoms with E-state index in [1.165, 1.54) is 31.5 Å². The van der Waals surface area contributed by atoms with Gasteiger partial charge < -0.3 is 9.73 Å². The summed E-state index contributed by atoms with van der Waals surface area (Å²) in [6.07, 6.45) is 4.53. The topological polar surface area (TPSA) is 28.4 Å². The van der Waals surface area contributed by atoms with Crippen molar-refractivity contribution in [2.45, 2.75) is 39.8 Å². The van der Waals surface area contributed by atoms with Gasteiger partial charge in [-0.05, 0) is 37.9 Å². The molecule has 3 heteroatoms. The lowest BCUT2D eigenvalue weighted by atomic mass is 10.00. The van der Waals surface area contributed by atoms with Crippen molar-refractivity contribution in [3.05, 3.63) is 23.7 Å². The summed E-state index contributed by atoms with van der Waals surface area (Å²) in [4.78, 5) is 2.55. The van der Waals surface area contributed by atoms with Crippen molar-refractivity contribution >= 4 is 0 Å². The summed E-state index contributed by atoms with van der Waals surface area (Å²) in [6.45, 7) is 9.81. The van der Waals surface area contributed by atoms with E-state index in [-0.39, 0.29) is 0 Å². The summed E-state index contributed by atoms with van der Waals surface area (Å²) in [6, 6.07) is 2.12. The van der Waals surface area contributed by atoms with Crippen LogP contribution in [0.5, 0.6) is 0 Å². The lowest BCUT2D eigenvalue weighted by Crippen LogP contribution is -2.33. The standard InChI is InChI=1S/C14H24N2O/c1-3-15-9-14-13(6-8-17-14)11-16-7-4-5-12(2)10-16/h6,8,12,15H,3-5,7,9-11H2,1-2H3. The number of hydrogen-bond donors (Lipinski definition) is 1. The second kappa shape index (κ2) is 6.22. The molecule has 0 spiro atoms. The molecule has 1 N–H and O–H groups in total. The average Bonchev–Trinajstić information content (AvgIpc) is 2.74. The minimum Gasteiger partial charge on any atom is -0.468 e. The van der Waals surface area contributed by atoms with E-state index >= 15 is 0 Å². The van der Waals surface area contributed by atoms with Crippen molar-refractivity contribution in [2.24, 2.45) is 5.92 Å². The highest BCUT2D eigenvalue weighted by atomic mass is 16.3. The molecule has 0 saturated carbocycles. The van der Waals surface area contributed by atoms with E-state index in [4.69, 9.17) is 4.42 Å². The maximum atomic E-state index is 5.55. The molecule has 0 radical (unpaired) electrons. The zero-order valence-corrected chi connectivity index (χ0v) is 11.0. The molecule has 2 rings (SSSR count). The molecule has 1 saturated heterocycles. The first kappa shape index (κ1) is 12.7. The summed E-state index contributed by atoms with van der Waals surface area (Å²) in [5, 5.41) is 3.32. The number of nitrogens with one attached hydrogen (secondary N) is 1. The molecule has 17 heavy (non-hydrogen) atoms. The van der Waals surface area contributed by atoms with Crippen LogP contribution in [-0.2, 0) is 13.1 Å². The van der Waals surface area contributed by atoms with Gasteiger partial charge in [-0.3, -0.25) is 4.90 Å². The van der Waals surface area contributed by atoms with Crippen LogP contribution in [0.1, 0.15) is 38.0 Å². The van der Waals surface area contributed by atoms with Gasteiger partial charge in [0.05, 0.1) is 12.8 Å². The zero-order valence-electron chi connectivity index (χ0n) is 11.0. The second-order valence-corrected chi connectivity index (χ2v) is 5.13. The molecule has 2 heterocycles. The van der Waals surface area contributed by atoms with Gasteiger partial charge >= 0.3 is 0 Å². The van der Waals surface area contributed by atoms with E-state index in [1.807, 2.05) is 6.26 Å². The first-order valence-electron chi connectivity index (χ1n) is 6.78. The highest BCUT2D eigenvalue weighted by Crippen LogP contribution is 2.20. The van der Waals surface area contributed by atoms with Crippen molar-refractivity contribution in [1.82, 2.24) is 10.2 Å². The number of piperidine rings is 1. The SMILES string of the molecule is CCNCc1occc1CN1CCCC(C)C1. The number of rotatable bonds is 5. The Morgan fingerprint density at radius 1 is 1.53 bits per heavy atom. The number of hydrogen-bond acceptors (Lipinski definition) is 3. The van der Waals surface area contributed by atoms with Crippen LogP contribution in [0.4, 0.5) is 0 Å². The predicted octanol–water partition coefficient (Wildman–Crippen LogP) is 2.62. The van der Waals surface area contributed by atoms with Crippen LogP contribution >= 0.6 is 0 Å². The third-order valence-corrected chi connectivity index (χ3v) is 3.51. The Bertz CT molecular complexity index is 335. The quantitative estimate of drug-likeness (QED) is 0.852. The Hall–Kier alpha value is -0.800. The number of likely N-dealkylation sites (tertiary alicyclic amines) is 1. The number of nitrogens with zero attached hydrogens (tertiary/aromatic N) is 1. The van der Waals surface area contributed by atoms with Gasteiger partial charge in [0.1, 0.15) is 5.76 Å². The molecule has 0 amide bonds. The third-order valence-electron chi connectivity index (χ3n) is 3.51. The minimum absolute atomic E-state index is 0.841. The van der Waals surface area contributed by atoms with E-state index in [2.05, 4.69) is 30.1 Å². The van der Waals surface area contributed by atoms with Crippen LogP contribution < -0.4 is 5.32 Å². The van der Waals surface area contributed by atoms with Crippen molar-refractivity contribution in [1.29, 1.82) is 0 Å². The van der Waals surface area contributed by atoms with E-state index in [9.17, 15) is 0 Å². The maximum Gasteiger partial charge on any atom is 0.122 e. The molecule has 1 aliphatic heterocycles. The van der Waals surface area contributed by atoms with Crippen molar-refractivity contribution < 1.29 is 4.42 Å². The van der Waals surface area contributed by atoms with Gasteiger partial charge in [0.2, 0.25) is 0 Å². The van der Waals surface area contributed by atoms with Crippen molar-refractivity contribution in [3.63, 3.8) is 0 Å². The molecule has 0 aromatic carbocycles. The van der Waals surface area contributed by atoms with Gasteiger partial charge in [0, 0.05) is 18.7 Å². The third kappa shape index (κ3) is 3.58. The Balaban J connectivity index is 1.91. The van der Waals surface area contributed by atoms with Crippen LogP contribution in [0, 0.1) is 5.92 Å². The highest BCUT2D eigenvalue weighted by molar-refractivity contribution is 5.17. The summed E-state index contributed by atoms with van der Waals surface area (Å²) >= 11 is 0. The van der Waals surface area contributed by atoms with Crippen LogP contribution in [0.3, 0.4) is 0 Å². The molecule has 1 aliphatic rings. The van der Waals surface area contributed by atoms with Gasteiger partial charge in [-0.25, -0.2) is 0 Å². The fourth-order valence-corrected chi connectivity index (χ4v) is 2.57. The van der Waals surface area contributed by atoms with E-state index in [1.54, 1.807) is 0 Å². The molecule has 3 nitrogen and oxygen atoms in total. The number of furan rings is 1. The highest BCUT2D eigenvalue weighted by Gasteiger charge is 2.18. The van der Waals surface area contributed by atoms with Crippen molar-refractivity contribution in [2.75, 3.05) is 19.6 Å². The summed E-state index contributed by atoms with van der Waals surface area (Å²) in [5.41, 5.74) is 1.35. The predicted molar refractivity (Wildman–Crippen MR) is 69.8 cm³/mol. The first-order valence-corrected chi connectivity index (χ1v) is 6.78. The van der Waals surface area contributed by atoms with Gasteiger partial charge in [-0.1, -0.05) is 13.8 Å². The smallest absolute Gasteiger partial charge is 0.122 e. The Kier molecular flexibility index (Phi) is 4.63. The van der Waals surface area contributed by atoms with Gasteiger partial charge in [-0.15, -0.1) is 0 Å². The molecule has 1 aromatic heterocycles. The van der Waals surface area contributed by atoms with Gasteiger partial charge in [-0.2, -0.15) is 0 Å². The Morgan fingerprint density at radius 2 is 2.41 bits per heavy atom. The normalized spacial score (nSPS) is 21.9. The summed E-state index contributed by atoms with van der Waals surface area (Å²) in [7, 11) is 0.